The number of carbonyl (C=O) groups is 1. The Hall–Kier alpha value is -3.01. The summed E-state index contributed by atoms with van der Waals surface area (Å²) < 4.78 is 5.01. The first kappa shape index (κ1) is 15.4. The van der Waals surface area contributed by atoms with Crippen molar-refractivity contribution in [1.29, 1.82) is 0 Å². The molecule has 2 rings (SSSR count). The number of carbonyl (C=O) groups excluding carboxylic acids is 1. The van der Waals surface area contributed by atoms with Gasteiger partial charge in [0.2, 0.25) is 0 Å². The number of hydrogen-bond acceptors (Lipinski definition) is 4. The quantitative estimate of drug-likeness (QED) is 0.503. The fourth-order valence-electron chi connectivity index (χ4n) is 1.95. The lowest BCUT2D eigenvalue weighted by Crippen LogP contribution is -1.99. The number of methoxy groups -OCH3 is 1. The van der Waals surface area contributed by atoms with Crippen LogP contribution in [0.2, 0.25) is 0 Å². The zero-order chi connectivity index (χ0) is 15.9. The normalized spacial score (nSPS) is 11.1. The molecule has 0 radical (unpaired) electrons. The number of phenols is 2. The van der Waals surface area contributed by atoms with Crippen molar-refractivity contribution in [2.24, 2.45) is 0 Å². The molecule has 0 aliphatic heterocycles. The molecule has 0 bridgehead atoms. The highest BCUT2D eigenvalue weighted by Gasteiger charge is 2.16. The highest BCUT2D eigenvalue weighted by atomic mass is 16.5. The van der Waals surface area contributed by atoms with E-state index in [4.69, 9.17) is 4.74 Å². The molecule has 4 heteroatoms. The first-order valence-electron chi connectivity index (χ1n) is 6.66. The molecular weight excluding hydrogens is 280 g/mol. The van der Waals surface area contributed by atoms with Crippen LogP contribution in [0, 0.1) is 0 Å². The van der Waals surface area contributed by atoms with Crippen LogP contribution in [0.5, 0.6) is 17.2 Å². The van der Waals surface area contributed by atoms with Crippen molar-refractivity contribution in [1.82, 2.24) is 0 Å². The molecule has 2 aromatic rings. The third kappa shape index (κ3) is 3.76. The van der Waals surface area contributed by atoms with Crippen molar-refractivity contribution < 1.29 is 19.7 Å². The maximum Gasteiger partial charge on any atom is 0.193 e. The Kier molecular flexibility index (Phi) is 4.98. The van der Waals surface area contributed by atoms with Gasteiger partial charge in [0, 0.05) is 12.1 Å². The highest BCUT2D eigenvalue weighted by molar-refractivity contribution is 6.08. The summed E-state index contributed by atoms with van der Waals surface area (Å²) in [4.78, 5) is 12.1. The Morgan fingerprint density at radius 2 is 1.82 bits per heavy atom. The molecule has 0 unspecified atom stereocenters. The molecule has 112 valence electrons. The fraction of sp³-hybridized carbons (Fsp3) is 0.0556. The summed E-state index contributed by atoms with van der Waals surface area (Å²) in [6, 6.07) is 12.0. The average Bonchev–Trinajstić information content (AvgIpc) is 2.51. The van der Waals surface area contributed by atoms with E-state index >= 15 is 0 Å². The Bertz CT molecular complexity index is 715. The number of benzene rings is 2. The van der Waals surface area contributed by atoms with E-state index in [1.807, 2.05) is 36.4 Å². The van der Waals surface area contributed by atoms with Crippen LogP contribution in [0.15, 0.2) is 60.7 Å². The Morgan fingerprint density at radius 1 is 1.09 bits per heavy atom. The molecule has 0 amide bonds. The molecule has 22 heavy (non-hydrogen) atoms. The fourth-order valence-corrected chi connectivity index (χ4v) is 1.95. The van der Waals surface area contributed by atoms with E-state index in [0.717, 1.165) is 11.6 Å². The maximum atomic E-state index is 12.1. The molecule has 0 fully saturated rings. The molecule has 0 saturated heterocycles. The minimum Gasteiger partial charge on any atom is -0.508 e. The Balaban J connectivity index is 2.16. The number of aromatic hydroxyl groups is 2. The molecule has 0 spiro atoms. The van der Waals surface area contributed by atoms with Gasteiger partial charge >= 0.3 is 0 Å². The molecule has 0 aromatic heterocycles. The third-order valence-electron chi connectivity index (χ3n) is 2.98. The first-order chi connectivity index (χ1) is 10.6. The SMILES string of the molecule is COc1cc(O)cc(O)c1C(=O)C=CC=Cc1ccccc1. The second-order valence-corrected chi connectivity index (χ2v) is 4.54. The lowest BCUT2D eigenvalue weighted by Gasteiger charge is -2.08. The van der Waals surface area contributed by atoms with Gasteiger partial charge in [0.1, 0.15) is 22.8 Å². The molecule has 0 atom stereocenters. The summed E-state index contributed by atoms with van der Waals surface area (Å²) in [6.45, 7) is 0. The van der Waals surface area contributed by atoms with E-state index in [0.29, 0.717) is 0 Å². The minimum atomic E-state index is -0.410. The van der Waals surface area contributed by atoms with Gasteiger partial charge in [-0.05, 0) is 11.6 Å². The van der Waals surface area contributed by atoms with E-state index in [2.05, 4.69) is 0 Å². The van der Waals surface area contributed by atoms with E-state index in [1.165, 1.54) is 19.3 Å². The van der Waals surface area contributed by atoms with Gasteiger partial charge in [-0.1, -0.05) is 48.6 Å². The summed E-state index contributed by atoms with van der Waals surface area (Å²) in [5, 5.41) is 19.2. The zero-order valence-electron chi connectivity index (χ0n) is 12.1. The van der Waals surface area contributed by atoms with Crippen LogP contribution in [0.4, 0.5) is 0 Å². The molecular formula is C18H16O4. The standard InChI is InChI=1S/C18H16O4/c1-22-17-12-14(19)11-16(21)18(17)15(20)10-6-5-9-13-7-3-2-4-8-13/h2-12,19,21H,1H3. The third-order valence-corrected chi connectivity index (χ3v) is 2.98. The van der Waals surface area contributed by atoms with Crippen LogP contribution in [0.1, 0.15) is 15.9 Å². The van der Waals surface area contributed by atoms with Crippen molar-refractivity contribution in [3.63, 3.8) is 0 Å². The van der Waals surface area contributed by atoms with Gasteiger partial charge in [0.25, 0.3) is 0 Å². The van der Waals surface area contributed by atoms with Crippen molar-refractivity contribution in [2.45, 2.75) is 0 Å². The van der Waals surface area contributed by atoms with E-state index < -0.39 is 5.78 Å². The lowest BCUT2D eigenvalue weighted by molar-refractivity contribution is 0.104. The van der Waals surface area contributed by atoms with Crippen molar-refractivity contribution in [3.05, 3.63) is 71.8 Å². The molecule has 2 aromatic carbocycles. The molecule has 0 aliphatic rings. The summed E-state index contributed by atoms with van der Waals surface area (Å²) in [7, 11) is 1.37. The molecule has 4 nitrogen and oxygen atoms in total. The van der Waals surface area contributed by atoms with Gasteiger partial charge in [0.05, 0.1) is 7.11 Å². The van der Waals surface area contributed by atoms with Gasteiger partial charge in [-0.3, -0.25) is 4.79 Å². The lowest BCUT2D eigenvalue weighted by atomic mass is 10.1. The second-order valence-electron chi connectivity index (χ2n) is 4.54. The Morgan fingerprint density at radius 3 is 2.50 bits per heavy atom. The first-order valence-corrected chi connectivity index (χ1v) is 6.66. The summed E-state index contributed by atoms with van der Waals surface area (Å²) in [5.41, 5.74) is 1.04. The van der Waals surface area contributed by atoms with E-state index in [-0.39, 0.29) is 22.8 Å². The van der Waals surface area contributed by atoms with E-state index in [9.17, 15) is 15.0 Å². The maximum absolute atomic E-state index is 12.1. The molecule has 0 heterocycles. The topological polar surface area (TPSA) is 66.8 Å². The highest BCUT2D eigenvalue weighted by Crippen LogP contribution is 2.33. The number of rotatable bonds is 5. The van der Waals surface area contributed by atoms with Crippen LogP contribution < -0.4 is 4.74 Å². The van der Waals surface area contributed by atoms with Crippen LogP contribution in [-0.2, 0) is 0 Å². The predicted molar refractivity (Wildman–Crippen MR) is 85.3 cm³/mol. The van der Waals surface area contributed by atoms with Crippen molar-refractivity contribution in [3.8, 4) is 17.2 Å². The van der Waals surface area contributed by atoms with Crippen LogP contribution in [0.3, 0.4) is 0 Å². The molecule has 0 saturated carbocycles. The molecule has 2 N–H and O–H groups in total. The van der Waals surface area contributed by atoms with Crippen molar-refractivity contribution in [2.75, 3.05) is 7.11 Å². The molecule has 0 aliphatic carbocycles. The minimum absolute atomic E-state index is 0.0182. The number of hydrogen-bond donors (Lipinski definition) is 2. The number of ketones is 1. The monoisotopic (exact) mass is 296 g/mol. The van der Waals surface area contributed by atoms with Gasteiger partial charge in [-0.2, -0.15) is 0 Å². The zero-order valence-corrected chi connectivity index (χ0v) is 12.1. The van der Waals surface area contributed by atoms with Gasteiger partial charge in [-0.15, -0.1) is 0 Å². The van der Waals surface area contributed by atoms with E-state index in [1.54, 1.807) is 12.2 Å². The van der Waals surface area contributed by atoms with Gasteiger partial charge in [0.15, 0.2) is 5.78 Å². The summed E-state index contributed by atoms with van der Waals surface area (Å²) in [6.07, 6.45) is 6.50. The average molecular weight is 296 g/mol. The summed E-state index contributed by atoms with van der Waals surface area (Å²) in [5.74, 6) is -0.774. The van der Waals surface area contributed by atoms with Crippen LogP contribution in [0.25, 0.3) is 6.08 Å². The van der Waals surface area contributed by atoms with Gasteiger partial charge < -0.3 is 14.9 Å². The number of allylic oxidation sites excluding steroid dienone is 3. The number of phenolic OH excluding ortho intramolecular Hbond substituents is 2. The largest absolute Gasteiger partial charge is 0.508 e. The Labute approximate surface area is 128 Å². The smallest absolute Gasteiger partial charge is 0.193 e. The predicted octanol–water partition coefficient (Wildman–Crippen LogP) is 3.56. The second kappa shape index (κ2) is 7.13. The van der Waals surface area contributed by atoms with Crippen molar-refractivity contribution >= 4 is 11.9 Å². The number of ether oxygens (including phenoxy) is 1. The van der Waals surface area contributed by atoms with Crippen LogP contribution in [-0.4, -0.2) is 23.1 Å². The van der Waals surface area contributed by atoms with Gasteiger partial charge in [-0.25, -0.2) is 0 Å². The summed E-state index contributed by atoms with van der Waals surface area (Å²) >= 11 is 0. The van der Waals surface area contributed by atoms with Crippen LogP contribution >= 0.6 is 0 Å².